The minimum Gasteiger partial charge on any atom is -0.350 e. The minimum absolute atomic E-state index is 0.146. The van der Waals surface area contributed by atoms with Crippen LogP contribution in [0.15, 0.2) is 141 Å². The minimum atomic E-state index is -0.198. The van der Waals surface area contributed by atoms with Gasteiger partial charge in [0.15, 0.2) is 0 Å². The van der Waals surface area contributed by atoms with E-state index in [9.17, 15) is 0 Å². The Labute approximate surface area is 239 Å². The molecule has 1 aliphatic rings. The van der Waals surface area contributed by atoms with Crippen LogP contribution in [0.1, 0.15) is 29.0 Å². The molecule has 2 N–H and O–H groups in total. The lowest BCUT2D eigenvalue weighted by molar-refractivity contribution is 0.409. The van der Waals surface area contributed by atoms with Gasteiger partial charge in [-0.2, -0.15) is 0 Å². The van der Waals surface area contributed by atoms with Crippen LogP contribution in [0.3, 0.4) is 0 Å². The standard InChI is InChI=1S/C33H25Br2N3/c34-29-18-25(22-10-4-1-5-11-22)16-27(20-29)32-36-31(24-14-8-3-9-15-24)37-33(38-32)28-17-26(19-30(35)21-28)23-12-6-2-7-13-23/h1-21,31-32,36H,(H,37,38). The van der Waals surface area contributed by atoms with Gasteiger partial charge in [-0.3, -0.25) is 5.32 Å². The summed E-state index contributed by atoms with van der Waals surface area (Å²) in [4.78, 5) is 5.14. The van der Waals surface area contributed by atoms with E-state index in [0.717, 1.165) is 42.6 Å². The summed E-state index contributed by atoms with van der Waals surface area (Å²) in [6.07, 6.45) is -0.345. The summed E-state index contributed by atoms with van der Waals surface area (Å²) in [6.45, 7) is 0. The molecular weight excluding hydrogens is 598 g/mol. The normalized spacial score (nSPS) is 16.9. The topological polar surface area (TPSA) is 36.4 Å². The first-order chi connectivity index (χ1) is 18.6. The first-order valence-electron chi connectivity index (χ1n) is 12.5. The zero-order valence-corrected chi connectivity index (χ0v) is 23.7. The van der Waals surface area contributed by atoms with Gasteiger partial charge in [-0.05, 0) is 69.8 Å². The number of hydrogen-bond donors (Lipinski definition) is 2. The maximum atomic E-state index is 5.14. The molecule has 2 unspecified atom stereocenters. The van der Waals surface area contributed by atoms with E-state index >= 15 is 0 Å². The summed E-state index contributed by atoms with van der Waals surface area (Å²) in [6, 6.07) is 44.3. The van der Waals surface area contributed by atoms with Gasteiger partial charge < -0.3 is 5.32 Å². The molecule has 3 nitrogen and oxygen atoms in total. The Morgan fingerprint density at radius 1 is 0.500 bits per heavy atom. The first-order valence-corrected chi connectivity index (χ1v) is 14.1. The van der Waals surface area contributed by atoms with E-state index in [4.69, 9.17) is 4.99 Å². The van der Waals surface area contributed by atoms with Crippen molar-refractivity contribution in [2.75, 3.05) is 0 Å². The van der Waals surface area contributed by atoms with E-state index in [1.807, 2.05) is 18.2 Å². The lowest BCUT2D eigenvalue weighted by Crippen LogP contribution is -2.45. The van der Waals surface area contributed by atoms with E-state index in [0.29, 0.717) is 0 Å². The van der Waals surface area contributed by atoms with Crippen LogP contribution in [0.5, 0.6) is 0 Å². The molecule has 0 saturated heterocycles. The van der Waals surface area contributed by atoms with Gasteiger partial charge in [0.2, 0.25) is 0 Å². The smallest absolute Gasteiger partial charge is 0.131 e. The van der Waals surface area contributed by atoms with Crippen LogP contribution in [-0.4, -0.2) is 5.84 Å². The van der Waals surface area contributed by atoms with Gasteiger partial charge in [0.1, 0.15) is 18.2 Å². The van der Waals surface area contributed by atoms with Crippen molar-refractivity contribution in [3.8, 4) is 22.3 Å². The maximum absolute atomic E-state index is 5.14. The summed E-state index contributed by atoms with van der Waals surface area (Å²) < 4.78 is 2.05. The number of halogens is 2. The molecular formula is C33H25Br2N3. The van der Waals surface area contributed by atoms with Crippen LogP contribution in [-0.2, 0) is 0 Å². The third kappa shape index (κ3) is 5.51. The van der Waals surface area contributed by atoms with Crippen molar-refractivity contribution < 1.29 is 0 Å². The monoisotopic (exact) mass is 621 g/mol. The maximum Gasteiger partial charge on any atom is 0.131 e. The van der Waals surface area contributed by atoms with Crippen LogP contribution in [0.4, 0.5) is 0 Å². The number of aliphatic imine (C=N–C) groups is 1. The molecule has 1 heterocycles. The Morgan fingerprint density at radius 2 is 1.03 bits per heavy atom. The highest BCUT2D eigenvalue weighted by Gasteiger charge is 2.26. The van der Waals surface area contributed by atoms with Crippen molar-refractivity contribution >= 4 is 37.7 Å². The summed E-state index contributed by atoms with van der Waals surface area (Å²) in [5.41, 5.74) is 7.92. The summed E-state index contributed by atoms with van der Waals surface area (Å²) in [7, 11) is 0. The number of nitrogens with zero attached hydrogens (tertiary/aromatic N) is 1. The zero-order chi connectivity index (χ0) is 25.9. The van der Waals surface area contributed by atoms with Gasteiger partial charge in [-0.15, -0.1) is 0 Å². The predicted octanol–water partition coefficient (Wildman–Crippen LogP) is 8.88. The molecule has 2 atom stereocenters. The van der Waals surface area contributed by atoms with E-state index in [2.05, 4.69) is 152 Å². The lowest BCUT2D eigenvalue weighted by Gasteiger charge is -2.32. The highest BCUT2D eigenvalue weighted by molar-refractivity contribution is 9.10. The Balaban J connectivity index is 1.43. The molecule has 5 aromatic rings. The van der Waals surface area contributed by atoms with Crippen LogP contribution in [0, 0.1) is 0 Å². The van der Waals surface area contributed by atoms with Crippen molar-refractivity contribution in [1.29, 1.82) is 0 Å². The van der Waals surface area contributed by atoms with Gasteiger partial charge in [0, 0.05) is 14.5 Å². The van der Waals surface area contributed by atoms with E-state index in [1.54, 1.807) is 0 Å². The van der Waals surface area contributed by atoms with E-state index in [1.165, 1.54) is 11.1 Å². The third-order valence-electron chi connectivity index (χ3n) is 6.62. The molecule has 1 aliphatic heterocycles. The Kier molecular flexibility index (Phi) is 7.23. The second kappa shape index (κ2) is 11.1. The van der Waals surface area contributed by atoms with Crippen molar-refractivity contribution in [1.82, 2.24) is 10.6 Å². The van der Waals surface area contributed by atoms with Gasteiger partial charge in [-0.1, -0.05) is 123 Å². The van der Waals surface area contributed by atoms with Gasteiger partial charge >= 0.3 is 0 Å². The summed E-state index contributed by atoms with van der Waals surface area (Å²) in [5.74, 6) is 0.849. The lowest BCUT2D eigenvalue weighted by atomic mass is 10.00. The molecule has 0 radical (unpaired) electrons. The quantitative estimate of drug-likeness (QED) is 0.205. The molecule has 38 heavy (non-hydrogen) atoms. The Hall–Kier alpha value is -3.51. The van der Waals surface area contributed by atoms with Crippen molar-refractivity contribution in [3.05, 3.63) is 153 Å². The Bertz CT molecular complexity index is 1590. The van der Waals surface area contributed by atoms with Gasteiger partial charge in [0.05, 0.1) is 0 Å². The second-order valence-electron chi connectivity index (χ2n) is 9.27. The average Bonchev–Trinajstić information content (AvgIpc) is 2.97. The van der Waals surface area contributed by atoms with Gasteiger partial charge in [-0.25, -0.2) is 4.99 Å². The summed E-state index contributed by atoms with van der Waals surface area (Å²) in [5, 5.41) is 7.42. The number of amidine groups is 1. The van der Waals surface area contributed by atoms with Gasteiger partial charge in [0.25, 0.3) is 0 Å². The van der Waals surface area contributed by atoms with Crippen molar-refractivity contribution in [3.63, 3.8) is 0 Å². The molecule has 0 aliphatic carbocycles. The molecule has 0 amide bonds. The van der Waals surface area contributed by atoms with Crippen LogP contribution in [0.2, 0.25) is 0 Å². The number of hydrogen-bond acceptors (Lipinski definition) is 3. The molecule has 186 valence electrons. The SMILES string of the molecule is Brc1cc(C2=NC(c3ccccc3)NC(c3cc(Br)cc(-c4ccccc4)c3)N2)cc(-c2ccccc2)c1. The highest BCUT2D eigenvalue weighted by atomic mass is 79.9. The predicted molar refractivity (Wildman–Crippen MR) is 164 cm³/mol. The fourth-order valence-corrected chi connectivity index (χ4v) is 5.79. The van der Waals surface area contributed by atoms with E-state index in [-0.39, 0.29) is 12.3 Å². The molecule has 5 heteroatoms. The molecule has 0 fully saturated rings. The van der Waals surface area contributed by atoms with Crippen molar-refractivity contribution in [2.24, 2.45) is 4.99 Å². The second-order valence-corrected chi connectivity index (χ2v) is 11.1. The fraction of sp³-hybridized carbons (Fsp3) is 0.0606. The first kappa shape index (κ1) is 24.8. The number of rotatable bonds is 5. The molecule has 6 rings (SSSR count). The molecule has 0 bridgehead atoms. The van der Waals surface area contributed by atoms with E-state index < -0.39 is 0 Å². The third-order valence-corrected chi connectivity index (χ3v) is 7.53. The van der Waals surface area contributed by atoms with Crippen LogP contribution in [0.25, 0.3) is 22.3 Å². The summed E-state index contributed by atoms with van der Waals surface area (Å²) >= 11 is 7.49. The zero-order valence-electron chi connectivity index (χ0n) is 20.5. The number of nitrogens with one attached hydrogen (secondary N) is 2. The fourth-order valence-electron chi connectivity index (χ4n) is 4.78. The average molecular weight is 623 g/mol. The molecule has 5 aromatic carbocycles. The molecule has 0 spiro atoms. The Morgan fingerprint density at radius 3 is 1.66 bits per heavy atom. The van der Waals surface area contributed by atoms with Crippen LogP contribution < -0.4 is 10.6 Å². The van der Waals surface area contributed by atoms with Crippen molar-refractivity contribution in [2.45, 2.75) is 12.3 Å². The van der Waals surface area contributed by atoms with Crippen LogP contribution >= 0.6 is 31.9 Å². The molecule has 0 aromatic heterocycles. The largest absolute Gasteiger partial charge is 0.350 e. The highest BCUT2D eigenvalue weighted by Crippen LogP contribution is 2.32. The number of benzene rings is 5. The molecule has 0 saturated carbocycles.